The van der Waals surface area contributed by atoms with Gasteiger partial charge in [0.1, 0.15) is 39.7 Å². The fraction of sp³-hybridized carbons (Fsp3) is 0.317. The SMILES string of the molecule is C.C=CCn1c(CC(=O)c2cc(C)nn2CC)nc2cc(C(N)=O)cc(OCCCOc3cc(C(N)=O)cc4nc(NC(=O)c5cc(C)nn5CC)n(CC=C)c34)c21. The van der Waals surface area contributed by atoms with Gasteiger partial charge >= 0.3 is 0 Å². The summed E-state index contributed by atoms with van der Waals surface area (Å²) < 4.78 is 19.3. The van der Waals surface area contributed by atoms with Crippen LogP contribution in [-0.4, -0.2) is 75.4 Å². The van der Waals surface area contributed by atoms with E-state index in [1.165, 1.54) is 12.1 Å². The van der Waals surface area contributed by atoms with Gasteiger partial charge in [-0.2, -0.15) is 10.2 Å². The number of nitrogens with zero attached hydrogens (tertiary/aromatic N) is 8. The standard InChI is InChI=1S/C40H45N11O6.CH4/c1-7-12-48-34(22-31(52)29-16-23(5)46-50(29)9-3)43-27-18-25(37(41)53)20-32(35(27)48)56-14-11-15-57-33-21-26(38(42)54)19-28-36(33)49(13-8-2)40(44-28)45-39(55)30-17-24(6)47-51(30)10-4;/h7-8,16-21H,1-2,9-15,22H2,3-6H3,(H2,41,53)(H2,42,54)(H,44,45,55);1H4. The maximum atomic E-state index is 13.5. The number of aromatic nitrogens is 8. The molecule has 6 rings (SSSR count). The van der Waals surface area contributed by atoms with E-state index in [4.69, 9.17) is 25.9 Å². The molecule has 4 aromatic heterocycles. The summed E-state index contributed by atoms with van der Waals surface area (Å²) in [4.78, 5) is 60.9. The van der Waals surface area contributed by atoms with Crippen LogP contribution in [0.15, 0.2) is 61.7 Å². The summed E-state index contributed by atoms with van der Waals surface area (Å²) in [6, 6.07) is 9.62. The average molecular weight is 792 g/mol. The van der Waals surface area contributed by atoms with Gasteiger partial charge in [0, 0.05) is 43.7 Å². The summed E-state index contributed by atoms with van der Waals surface area (Å²) >= 11 is 0. The Kier molecular flexibility index (Phi) is 12.9. The molecule has 0 aliphatic rings. The lowest BCUT2D eigenvalue weighted by Crippen LogP contribution is -2.20. The third-order valence-electron chi connectivity index (χ3n) is 9.15. The van der Waals surface area contributed by atoms with E-state index in [9.17, 15) is 19.2 Å². The number of imidazole rings is 2. The molecule has 0 bridgehead atoms. The number of Topliss-reactive ketones (excluding diaryl/α,β-unsaturated/α-hetero) is 1. The van der Waals surface area contributed by atoms with Gasteiger partial charge in [-0.05, 0) is 64.1 Å². The molecule has 0 unspecified atom stereocenters. The smallest absolute Gasteiger partial charge is 0.276 e. The minimum absolute atomic E-state index is 0. The number of ketones is 1. The van der Waals surface area contributed by atoms with Gasteiger partial charge in [0.25, 0.3) is 5.91 Å². The number of nitrogens with one attached hydrogen (secondary N) is 1. The minimum atomic E-state index is -0.682. The number of carbonyl (C=O) groups is 4. The van der Waals surface area contributed by atoms with E-state index in [1.807, 2.05) is 25.3 Å². The molecule has 58 heavy (non-hydrogen) atoms. The van der Waals surface area contributed by atoms with E-state index in [-0.39, 0.29) is 56.5 Å². The number of fused-ring (bicyclic) bond motifs is 2. The molecule has 304 valence electrons. The zero-order valence-corrected chi connectivity index (χ0v) is 32.4. The highest BCUT2D eigenvalue weighted by Gasteiger charge is 2.24. The van der Waals surface area contributed by atoms with Gasteiger partial charge in [-0.1, -0.05) is 19.6 Å². The van der Waals surface area contributed by atoms with Crippen molar-refractivity contribution in [3.63, 3.8) is 0 Å². The molecule has 5 N–H and O–H groups in total. The van der Waals surface area contributed by atoms with Crippen molar-refractivity contribution < 1.29 is 28.7 Å². The number of rotatable bonds is 19. The Bertz CT molecular complexity index is 2380. The number of benzene rings is 2. The van der Waals surface area contributed by atoms with E-state index < -0.39 is 17.7 Å². The van der Waals surface area contributed by atoms with E-state index in [0.29, 0.717) is 82.5 Å². The number of ether oxygens (including phenoxy) is 2. The Morgan fingerprint density at radius 1 is 0.741 bits per heavy atom. The molecule has 17 heteroatoms. The Morgan fingerprint density at radius 2 is 1.24 bits per heavy atom. The molecular weight excluding hydrogens is 743 g/mol. The van der Waals surface area contributed by atoms with Crippen LogP contribution in [0.2, 0.25) is 0 Å². The Labute approximate surface area is 335 Å². The van der Waals surface area contributed by atoms with Crippen molar-refractivity contribution in [1.29, 1.82) is 0 Å². The normalized spacial score (nSPS) is 11.0. The number of nitrogens with two attached hydrogens (primary N) is 2. The second-order valence-corrected chi connectivity index (χ2v) is 13.3. The molecule has 0 aliphatic heterocycles. The molecule has 0 aliphatic carbocycles. The topological polar surface area (TPSA) is 222 Å². The molecule has 0 fully saturated rings. The summed E-state index contributed by atoms with van der Waals surface area (Å²) in [5, 5.41) is 11.6. The first-order valence-corrected chi connectivity index (χ1v) is 18.4. The van der Waals surface area contributed by atoms with Crippen LogP contribution in [-0.2, 0) is 32.6 Å². The first-order chi connectivity index (χ1) is 27.4. The van der Waals surface area contributed by atoms with Crippen molar-refractivity contribution in [2.45, 2.75) is 74.1 Å². The number of primary amides is 2. The highest BCUT2D eigenvalue weighted by Crippen LogP contribution is 2.33. The van der Waals surface area contributed by atoms with Crippen molar-refractivity contribution in [3.05, 3.63) is 101 Å². The van der Waals surface area contributed by atoms with E-state index in [0.717, 1.165) is 5.69 Å². The first kappa shape index (κ1) is 42.1. The summed E-state index contributed by atoms with van der Waals surface area (Å²) in [6.45, 7) is 17.1. The molecule has 0 saturated carbocycles. The predicted octanol–water partition coefficient (Wildman–Crippen LogP) is 5.17. The zero-order chi connectivity index (χ0) is 41.0. The largest absolute Gasteiger partial charge is 0.491 e. The van der Waals surface area contributed by atoms with Crippen molar-refractivity contribution in [3.8, 4) is 11.5 Å². The monoisotopic (exact) mass is 791 g/mol. The molecule has 6 aromatic rings. The molecular formula is C41H49N11O6. The van der Waals surface area contributed by atoms with Crippen LogP contribution >= 0.6 is 0 Å². The van der Waals surface area contributed by atoms with Gasteiger partial charge in [-0.25, -0.2) is 9.97 Å². The van der Waals surface area contributed by atoms with Gasteiger partial charge in [0.2, 0.25) is 17.8 Å². The molecule has 2 aromatic carbocycles. The van der Waals surface area contributed by atoms with Crippen LogP contribution in [0.4, 0.5) is 5.95 Å². The van der Waals surface area contributed by atoms with Crippen LogP contribution in [0.25, 0.3) is 22.1 Å². The average Bonchev–Trinajstić information content (AvgIpc) is 3.94. The number of hydrogen-bond donors (Lipinski definition) is 3. The summed E-state index contributed by atoms with van der Waals surface area (Å²) in [5.41, 5.74) is 15.9. The predicted molar refractivity (Wildman–Crippen MR) is 220 cm³/mol. The molecule has 0 saturated heterocycles. The zero-order valence-electron chi connectivity index (χ0n) is 32.4. The van der Waals surface area contributed by atoms with Crippen LogP contribution in [0.3, 0.4) is 0 Å². The number of carbonyl (C=O) groups excluding carboxylic acids is 4. The second kappa shape index (κ2) is 17.8. The Morgan fingerprint density at radius 3 is 1.78 bits per heavy atom. The first-order valence-electron chi connectivity index (χ1n) is 18.4. The molecule has 3 amide bonds. The highest BCUT2D eigenvalue weighted by atomic mass is 16.5. The molecule has 0 radical (unpaired) electrons. The highest BCUT2D eigenvalue weighted by molar-refractivity contribution is 6.04. The number of hydrogen-bond acceptors (Lipinski definition) is 10. The lowest BCUT2D eigenvalue weighted by molar-refractivity contribution is 0.0975. The van der Waals surface area contributed by atoms with Gasteiger partial charge < -0.3 is 30.1 Å². The number of amides is 3. The van der Waals surface area contributed by atoms with E-state index >= 15 is 0 Å². The van der Waals surface area contributed by atoms with Gasteiger partial charge in [-0.15, -0.1) is 13.2 Å². The van der Waals surface area contributed by atoms with Gasteiger partial charge in [0.15, 0.2) is 5.78 Å². The van der Waals surface area contributed by atoms with Crippen molar-refractivity contribution in [2.24, 2.45) is 11.5 Å². The quantitative estimate of drug-likeness (QED) is 0.0555. The Hall–Kier alpha value is -7.04. The number of anilines is 1. The van der Waals surface area contributed by atoms with Gasteiger partial charge in [0.05, 0.1) is 42.1 Å². The fourth-order valence-corrected chi connectivity index (χ4v) is 6.68. The van der Waals surface area contributed by atoms with E-state index in [2.05, 4.69) is 33.7 Å². The number of allylic oxidation sites excluding steroid dienone is 2. The fourth-order valence-electron chi connectivity index (χ4n) is 6.68. The Balaban J connectivity index is 0.00000641. The van der Waals surface area contributed by atoms with Crippen LogP contribution in [0, 0.1) is 13.8 Å². The van der Waals surface area contributed by atoms with Crippen molar-refractivity contribution in [1.82, 2.24) is 38.7 Å². The summed E-state index contributed by atoms with van der Waals surface area (Å²) in [6.07, 6.45) is 3.66. The minimum Gasteiger partial charge on any atom is -0.491 e. The van der Waals surface area contributed by atoms with Gasteiger partial charge in [-0.3, -0.25) is 33.9 Å². The molecule has 4 heterocycles. The second-order valence-electron chi connectivity index (χ2n) is 13.3. The van der Waals surface area contributed by atoms with Crippen LogP contribution < -0.4 is 26.3 Å². The molecule has 0 atom stereocenters. The van der Waals surface area contributed by atoms with Crippen LogP contribution in [0.1, 0.15) is 86.6 Å². The lowest BCUT2D eigenvalue weighted by atomic mass is 10.1. The molecule has 17 nitrogen and oxygen atoms in total. The third-order valence-corrected chi connectivity index (χ3v) is 9.15. The number of aryl methyl sites for hydroxylation is 4. The lowest BCUT2D eigenvalue weighted by Gasteiger charge is -2.14. The third kappa shape index (κ3) is 8.52. The molecule has 0 spiro atoms. The van der Waals surface area contributed by atoms with Crippen LogP contribution in [0.5, 0.6) is 11.5 Å². The maximum Gasteiger partial charge on any atom is 0.276 e. The summed E-state index contributed by atoms with van der Waals surface area (Å²) in [5.74, 6) is -0.597. The van der Waals surface area contributed by atoms with Crippen molar-refractivity contribution in [2.75, 3.05) is 18.5 Å². The summed E-state index contributed by atoms with van der Waals surface area (Å²) in [7, 11) is 0. The van der Waals surface area contributed by atoms with Crippen molar-refractivity contribution >= 4 is 51.5 Å². The maximum absolute atomic E-state index is 13.5. The van der Waals surface area contributed by atoms with E-state index in [1.54, 1.807) is 57.3 Å².